The molecule has 0 bridgehead atoms. The van der Waals surface area contributed by atoms with Crippen molar-refractivity contribution in [1.82, 2.24) is 29.9 Å². The third-order valence-electron chi connectivity index (χ3n) is 9.83. The Labute approximate surface area is 401 Å². The molecule has 2 aromatic heterocycles. The monoisotopic (exact) mass is 1050 g/mol. The Morgan fingerprint density at radius 3 is 1.64 bits per heavy atom. The van der Waals surface area contributed by atoms with Gasteiger partial charge in [0.1, 0.15) is 4.90 Å². The molecule has 2 aromatic carbocycles. The van der Waals surface area contributed by atoms with E-state index in [0.29, 0.717) is 11.3 Å². The molecule has 0 radical (unpaired) electrons. The van der Waals surface area contributed by atoms with E-state index >= 15 is 0 Å². The van der Waals surface area contributed by atoms with E-state index in [1.54, 1.807) is 24.3 Å². The fourth-order valence-electron chi connectivity index (χ4n) is 6.35. The van der Waals surface area contributed by atoms with Crippen LogP contribution in [0, 0.1) is 5.92 Å². The molecule has 0 aliphatic carbocycles. The lowest BCUT2D eigenvalue weighted by molar-refractivity contribution is 0.0252. The zero-order valence-electron chi connectivity index (χ0n) is 37.1. The van der Waals surface area contributed by atoms with E-state index in [0.717, 1.165) is 6.07 Å². The van der Waals surface area contributed by atoms with Crippen LogP contribution in [0.1, 0.15) is 17.5 Å². The summed E-state index contributed by atoms with van der Waals surface area (Å²) in [5.74, 6) is -3.58. The first-order valence-corrected chi connectivity index (χ1v) is 25.6. The van der Waals surface area contributed by atoms with Gasteiger partial charge in [0.15, 0.2) is 0 Å². The predicted molar refractivity (Wildman–Crippen MR) is 254 cm³/mol. The van der Waals surface area contributed by atoms with Gasteiger partial charge in [-0.3, -0.25) is 13.7 Å². The molecule has 0 fully saturated rings. The molecule has 0 saturated heterocycles. The summed E-state index contributed by atoms with van der Waals surface area (Å²) < 4.78 is 99.4. The van der Waals surface area contributed by atoms with Gasteiger partial charge in [0.05, 0.1) is 62.8 Å². The van der Waals surface area contributed by atoms with Gasteiger partial charge in [-0.15, -0.1) is 0 Å². The van der Waals surface area contributed by atoms with Crippen LogP contribution in [0.25, 0.3) is 12.2 Å². The zero-order chi connectivity index (χ0) is 51.6. The Morgan fingerprint density at radius 2 is 1.13 bits per heavy atom. The number of nitrogens with one attached hydrogen (secondary N) is 4. The summed E-state index contributed by atoms with van der Waals surface area (Å²) in [6.07, 6.45) is 0.106. The van der Waals surface area contributed by atoms with Gasteiger partial charge in [-0.2, -0.15) is 55.2 Å². The summed E-state index contributed by atoms with van der Waals surface area (Å²) in [6.45, 7) is -4.55. The number of aliphatic hydroxyl groups is 8. The largest absolute Gasteiger partial charge is 0.396 e. The van der Waals surface area contributed by atoms with Crippen LogP contribution >= 0.6 is 0 Å². The minimum absolute atomic E-state index is 0.0184. The van der Waals surface area contributed by atoms with E-state index in [9.17, 15) is 79.8 Å². The number of hydrogen-bond acceptors (Lipinski definition) is 26. The number of nitrogens with zero attached hydrogens (tertiary/aromatic N) is 8. The molecule has 0 amide bonds. The highest BCUT2D eigenvalue weighted by Gasteiger charge is 2.29. The second-order valence-corrected chi connectivity index (χ2v) is 19.6. The normalized spacial score (nSPS) is 13.9. The number of aliphatic hydroxyl groups excluding tert-OH is 8. The Bertz CT molecular complexity index is 2680. The van der Waals surface area contributed by atoms with Crippen LogP contribution in [-0.4, -0.2) is 212 Å². The van der Waals surface area contributed by atoms with E-state index in [1.165, 1.54) is 34.1 Å². The summed E-state index contributed by atoms with van der Waals surface area (Å²) >= 11 is 0. The third-order valence-corrected chi connectivity index (χ3v) is 12.2. The Hall–Kier alpha value is -5.59. The lowest BCUT2D eigenvalue weighted by Crippen LogP contribution is -2.49. The molecule has 2 heterocycles. The van der Waals surface area contributed by atoms with Crippen molar-refractivity contribution < 1.29 is 79.8 Å². The van der Waals surface area contributed by atoms with E-state index < -0.39 is 111 Å². The maximum atomic E-state index is 12.7. The summed E-state index contributed by atoms with van der Waals surface area (Å²) in [5.41, 5.74) is 0.943. The van der Waals surface area contributed by atoms with Crippen molar-refractivity contribution in [2.45, 2.75) is 29.6 Å². The molecule has 29 nitrogen and oxygen atoms in total. The van der Waals surface area contributed by atoms with Gasteiger partial charge < -0.3 is 71.9 Å². The van der Waals surface area contributed by atoms with Crippen molar-refractivity contribution in [1.29, 1.82) is 0 Å². The molecule has 0 aliphatic rings. The van der Waals surface area contributed by atoms with Gasteiger partial charge in [-0.25, -0.2) is 0 Å². The molecule has 4 unspecified atom stereocenters. The third kappa shape index (κ3) is 18.3. The highest BCUT2D eigenvalue weighted by Crippen LogP contribution is 2.27. The molecular weight excluding hydrogens is 993 g/mol. The van der Waals surface area contributed by atoms with Gasteiger partial charge in [0, 0.05) is 56.6 Å². The minimum Gasteiger partial charge on any atom is -0.396 e. The van der Waals surface area contributed by atoms with E-state index in [1.807, 2.05) is 0 Å². The van der Waals surface area contributed by atoms with Crippen LogP contribution in [0.15, 0.2) is 47.4 Å². The fraction of sp³-hybridized carbons (Fsp3) is 0.474. The van der Waals surface area contributed by atoms with Crippen molar-refractivity contribution in [2.75, 3.05) is 115 Å². The fourth-order valence-corrected chi connectivity index (χ4v) is 7.78. The second-order valence-electron chi connectivity index (χ2n) is 15.0. The average Bonchev–Trinajstić information content (AvgIpc) is 3.29. The van der Waals surface area contributed by atoms with E-state index in [4.69, 9.17) is 0 Å². The first kappa shape index (κ1) is 57.0. The number of anilines is 8. The van der Waals surface area contributed by atoms with Crippen LogP contribution < -0.4 is 31.1 Å². The Balaban J connectivity index is 1.63. The van der Waals surface area contributed by atoms with Crippen molar-refractivity contribution in [2.24, 2.45) is 5.92 Å². The van der Waals surface area contributed by atoms with Crippen molar-refractivity contribution in [3.8, 4) is 0 Å². The lowest BCUT2D eigenvalue weighted by Gasteiger charge is -2.33. The average molecular weight is 1050 g/mol. The van der Waals surface area contributed by atoms with Gasteiger partial charge in [0.25, 0.3) is 30.4 Å². The first-order chi connectivity index (χ1) is 33.1. The molecule has 4 rings (SSSR count). The summed E-state index contributed by atoms with van der Waals surface area (Å²) in [4.78, 5) is 27.6. The highest BCUT2D eigenvalue weighted by atomic mass is 32.2. The van der Waals surface area contributed by atoms with Crippen LogP contribution in [0.3, 0.4) is 0 Å². The maximum absolute atomic E-state index is 12.7. The molecule has 4 atom stereocenters. The zero-order valence-corrected chi connectivity index (χ0v) is 39.5. The van der Waals surface area contributed by atoms with E-state index in [2.05, 4.69) is 51.2 Å². The minimum atomic E-state index is -4.90. The van der Waals surface area contributed by atoms with Crippen LogP contribution in [0.2, 0.25) is 0 Å². The molecule has 15 N–H and O–H groups in total. The second kappa shape index (κ2) is 26.6. The topological polar surface area (TPSA) is 457 Å². The van der Waals surface area contributed by atoms with Crippen LogP contribution in [0.4, 0.5) is 47.1 Å². The Morgan fingerprint density at radius 1 is 0.586 bits per heavy atom. The molecule has 70 heavy (non-hydrogen) atoms. The quantitative estimate of drug-likeness (QED) is 0.0179. The first-order valence-electron chi connectivity index (χ1n) is 21.0. The molecule has 4 aromatic rings. The SMILES string of the molecule is O=S(=O)(O)CCNc1nc(Nc2ccc(C=Cc3ccc(Nc4nc(NCCS(=O)(=O)O)nc(N(CCO)C(CO)C(O)CCO)n4)cc3)c(S(=O)(=O)O)c2)nc(N(CCO)CC(CO)C(O)CO)n1. The van der Waals surface area contributed by atoms with Crippen molar-refractivity contribution >= 4 is 89.6 Å². The van der Waals surface area contributed by atoms with Gasteiger partial charge in [0.2, 0.25) is 35.7 Å². The molecule has 0 saturated carbocycles. The van der Waals surface area contributed by atoms with Gasteiger partial charge in [-0.1, -0.05) is 30.4 Å². The summed E-state index contributed by atoms with van der Waals surface area (Å²) in [5, 5.41) is 90.2. The van der Waals surface area contributed by atoms with E-state index in [-0.39, 0.29) is 86.1 Å². The number of rotatable bonds is 31. The number of benzene rings is 2. The molecular formula is C38H56N12O17S3. The molecule has 388 valence electrons. The van der Waals surface area contributed by atoms with Crippen molar-refractivity contribution in [3.05, 3.63) is 53.6 Å². The highest BCUT2D eigenvalue weighted by molar-refractivity contribution is 7.86. The number of aromatic nitrogens is 6. The number of hydrogen-bond donors (Lipinski definition) is 15. The Kier molecular flexibility index (Phi) is 21.6. The van der Waals surface area contributed by atoms with Crippen LogP contribution in [0.5, 0.6) is 0 Å². The maximum Gasteiger partial charge on any atom is 0.295 e. The smallest absolute Gasteiger partial charge is 0.295 e. The summed E-state index contributed by atoms with van der Waals surface area (Å²) in [7, 11) is -13.7. The predicted octanol–water partition coefficient (Wildman–Crippen LogP) is -2.78. The molecule has 0 aliphatic heterocycles. The van der Waals surface area contributed by atoms with Crippen molar-refractivity contribution in [3.63, 3.8) is 0 Å². The van der Waals surface area contributed by atoms with Gasteiger partial charge >= 0.3 is 0 Å². The molecule has 32 heteroatoms. The lowest BCUT2D eigenvalue weighted by atomic mass is 10.0. The standard InChI is InChI=1S/C38H56N12O17S3/c51-14-9-30(57)29(22-55)50(13-16-53)38-46-34(40-11-18-69(62,63)64)44-35(48-38)41-27-6-2-24(3-7-27)1-4-25-5-8-28(19-32(25)70(65,66)67)42-36-43-33(39-10-17-68(59,60)61)45-37(47-36)49(12-15-52)20-26(21-54)31(58)23-56/h1-8,19,26,29-31,51-58H,9-18,20-23H2,(H,59,60,61)(H,62,63,64)(H,65,66,67)(H2,39,42,43,45,47)(H2,40,41,44,46,48). The van der Waals surface area contributed by atoms with Crippen LogP contribution in [-0.2, 0) is 30.4 Å². The molecule has 0 spiro atoms. The summed E-state index contributed by atoms with van der Waals surface area (Å²) in [6, 6.07) is 9.08. The van der Waals surface area contributed by atoms with Gasteiger partial charge in [-0.05, 0) is 41.8 Å².